The molecular formula is C48H76N4O9. The van der Waals surface area contributed by atoms with Gasteiger partial charge in [0.15, 0.2) is 18.0 Å². The van der Waals surface area contributed by atoms with Crippen LogP contribution in [0, 0.1) is 23.2 Å². The number of aliphatic hydroxyl groups is 5. The molecule has 1 aliphatic carbocycles. The highest BCUT2D eigenvalue weighted by Gasteiger charge is 2.45. The predicted molar refractivity (Wildman–Crippen MR) is 244 cm³/mol. The third kappa shape index (κ3) is 20.8. The van der Waals surface area contributed by atoms with Gasteiger partial charge in [-0.25, -0.2) is 0 Å². The largest absolute Gasteiger partial charge is 0.510 e. The molecule has 9 unspecified atom stereocenters. The van der Waals surface area contributed by atoms with Gasteiger partial charge in [0, 0.05) is 37.9 Å². The number of allylic oxidation sites excluding steroid dienone is 15. The van der Waals surface area contributed by atoms with Gasteiger partial charge in [-0.2, -0.15) is 0 Å². The van der Waals surface area contributed by atoms with Crippen LogP contribution in [0.5, 0.6) is 0 Å². The van der Waals surface area contributed by atoms with E-state index in [9.17, 15) is 35.1 Å². The lowest BCUT2D eigenvalue weighted by Crippen LogP contribution is -2.60. The molecule has 13 heteroatoms. The van der Waals surface area contributed by atoms with Crippen LogP contribution in [0.1, 0.15) is 99.8 Å². The van der Waals surface area contributed by atoms with Crippen molar-refractivity contribution in [2.75, 3.05) is 20.2 Å². The minimum absolute atomic E-state index is 0.0310. The van der Waals surface area contributed by atoms with Gasteiger partial charge in [-0.05, 0) is 69.8 Å². The number of nitrogens with one attached hydrogen (secondary N) is 2. The molecular weight excluding hydrogens is 777 g/mol. The molecule has 342 valence electrons. The number of unbranched alkanes of at least 4 members (excludes halogenated alkanes) is 2. The second-order valence-electron chi connectivity index (χ2n) is 15.6. The Morgan fingerprint density at radius 3 is 2.18 bits per heavy atom. The number of guanidine groups is 1. The van der Waals surface area contributed by atoms with Crippen molar-refractivity contribution in [3.05, 3.63) is 108 Å². The quantitative estimate of drug-likeness (QED) is 0.0127. The fraction of sp³-hybridized carbons (Fsp3) is 0.562. The number of amides is 1. The first kappa shape index (κ1) is 54.6. The number of nitrogens with two attached hydrogens (primary N) is 1. The monoisotopic (exact) mass is 853 g/mol. The van der Waals surface area contributed by atoms with Crippen molar-refractivity contribution < 1.29 is 44.6 Å². The van der Waals surface area contributed by atoms with E-state index in [1.54, 1.807) is 36.1 Å². The summed E-state index contributed by atoms with van der Waals surface area (Å²) in [5.74, 6) is -0.269. The number of carbonyl (C=O) groups is 2. The van der Waals surface area contributed by atoms with E-state index in [1.807, 2.05) is 65.1 Å². The molecule has 1 saturated heterocycles. The van der Waals surface area contributed by atoms with E-state index in [2.05, 4.69) is 49.5 Å². The van der Waals surface area contributed by atoms with E-state index >= 15 is 0 Å². The number of aliphatic hydroxyl groups excluding tert-OH is 5. The van der Waals surface area contributed by atoms with Crippen LogP contribution in [0.3, 0.4) is 0 Å². The third-order valence-electron chi connectivity index (χ3n) is 10.2. The van der Waals surface area contributed by atoms with Gasteiger partial charge < -0.3 is 51.0 Å². The molecule has 9 N–H and O–H groups in total. The maximum Gasteiger partial charge on any atom is 0.251 e. The minimum atomic E-state index is -1.55. The third-order valence-corrected chi connectivity index (χ3v) is 10.2. The molecule has 1 heterocycles. The van der Waals surface area contributed by atoms with Crippen LogP contribution in [0.15, 0.2) is 108 Å². The molecule has 1 fully saturated rings. The van der Waals surface area contributed by atoms with Crippen molar-refractivity contribution >= 4 is 17.6 Å². The van der Waals surface area contributed by atoms with Crippen molar-refractivity contribution in [3.63, 3.8) is 0 Å². The van der Waals surface area contributed by atoms with Crippen LogP contribution >= 0.6 is 0 Å². The zero-order chi connectivity index (χ0) is 45.9. The molecule has 1 amide bonds. The summed E-state index contributed by atoms with van der Waals surface area (Å²) in [5.41, 5.74) is 6.74. The van der Waals surface area contributed by atoms with Gasteiger partial charge >= 0.3 is 0 Å². The van der Waals surface area contributed by atoms with Gasteiger partial charge in [0.25, 0.3) is 5.91 Å². The molecule has 2 aliphatic rings. The maximum atomic E-state index is 12.3. The molecule has 0 radical (unpaired) electrons. The summed E-state index contributed by atoms with van der Waals surface area (Å²) >= 11 is 0. The van der Waals surface area contributed by atoms with Gasteiger partial charge in [0.05, 0.1) is 12.7 Å². The lowest BCUT2D eigenvalue weighted by atomic mass is 9.92. The maximum absolute atomic E-state index is 12.3. The topological polar surface area (TPSA) is 219 Å². The number of rotatable bonds is 24. The molecule has 0 aromatic carbocycles. The SMILES string of the molecule is CC.C\C(=C/C=C/C=C/C=C/C=C/C(C)C(OC1OC(CO)C(O)C(O)C1O)/C(C)=C/C(C)CCC/C=C/C(C)C/C=C/CCCN(C)C(=N)N)C(=O)NC1=C(O)CCC1=O. The van der Waals surface area contributed by atoms with E-state index in [1.165, 1.54) is 0 Å². The number of nitrogens with zero attached hydrogens (tertiary/aromatic N) is 1. The molecule has 0 spiro atoms. The molecule has 0 saturated carbocycles. The Bertz CT molecular complexity index is 1620. The summed E-state index contributed by atoms with van der Waals surface area (Å²) in [6.07, 6.45) is 26.0. The zero-order valence-corrected chi connectivity index (χ0v) is 37.7. The van der Waals surface area contributed by atoms with Crippen molar-refractivity contribution in [2.45, 2.75) is 137 Å². The molecule has 61 heavy (non-hydrogen) atoms. The molecule has 2 rings (SSSR count). The molecule has 0 bridgehead atoms. The van der Waals surface area contributed by atoms with E-state index in [-0.39, 0.29) is 47.9 Å². The average molecular weight is 853 g/mol. The first-order valence-electron chi connectivity index (χ1n) is 21.7. The van der Waals surface area contributed by atoms with Gasteiger partial charge in [-0.1, -0.05) is 120 Å². The lowest BCUT2D eigenvalue weighted by molar-refractivity contribution is -0.310. The number of carbonyl (C=O) groups excluding carboxylic acids is 2. The van der Waals surface area contributed by atoms with Crippen LogP contribution in [0.25, 0.3) is 0 Å². The summed E-state index contributed by atoms with van der Waals surface area (Å²) in [6.45, 7) is 14.1. The number of Topliss-reactive ketones (excluding diaryl/α,β-unsaturated/α-hetero) is 1. The van der Waals surface area contributed by atoms with Gasteiger partial charge in [-0.3, -0.25) is 15.0 Å². The molecule has 1 aliphatic heterocycles. The highest BCUT2D eigenvalue weighted by atomic mass is 16.7. The van der Waals surface area contributed by atoms with E-state index in [0.29, 0.717) is 11.5 Å². The normalized spacial score (nSPS) is 23.7. The summed E-state index contributed by atoms with van der Waals surface area (Å²) < 4.78 is 12.0. The van der Waals surface area contributed by atoms with E-state index in [0.717, 1.165) is 50.6 Å². The fourth-order valence-corrected chi connectivity index (χ4v) is 6.49. The summed E-state index contributed by atoms with van der Waals surface area (Å²) in [7, 11) is 1.82. The number of hydrogen-bond acceptors (Lipinski definition) is 10. The summed E-state index contributed by atoms with van der Waals surface area (Å²) in [4.78, 5) is 25.9. The average Bonchev–Trinajstić information content (AvgIpc) is 3.55. The lowest BCUT2D eigenvalue weighted by Gasteiger charge is -2.41. The summed E-state index contributed by atoms with van der Waals surface area (Å²) in [6, 6.07) is 0. The minimum Gasteiger partial charge on any atom is -0.510 e. The summed E-state index contributed by atoms with van der Waals surface area (Å²) in [5, 5.41) is 60.8. The van der Waals surface area contributed by atoms with Crippen LogP contribution in [-0.2, 0) is 19.1 Å². The molecule has 13 nitrogen and oxygen atoms in total. The van der Waals surface area contributed by atoms with Gasteiger partial charge in [-0.15, -0.1) is 0 Å². The first-order chi connectivity index (χ1) is 29.1. The Labute approximate surface area is 365 Å². The van der Waals surface area contributed by atoms with Gasteiger partial charge in [0.2, 0.25) is 0 Å². The Kier molecular flexibility index (Phi) is 27.4. The second kappa shape index (κ2) is 30.6. The number of hydrogen-bond donors (Lipinski definition) is 8. The number of ketones is 1. The number of ether oxygens (including phenoxy) is 2. The van der Waals surface area contributed by atoms with E-state index in [4.69, 9.17) is 20.6 Å². The van der Waals surface area contributed by atoms with Crippen molar-refractivity contribution in [2.24, 2.45) is 23.5 Å². The van der Waals surface area contributed by atoms with Gasteiger partial charge in [0.1, 0.15) is 35.9 Å². The predicted octanol–water partition coefficient (Wildman–Crippen LogP) is 6.75. The van der Waals surface area contributed by atoms with Crippen LogP contribution in [0.2, 0.25) is 0 Å². The highest BCUT2D eigenvalue weighted by Crippen LogP contribution is 2.28. The standard InChI is InChI=1S/C46H70N4O9.C2H6/c1-31(21-15-12-13-20-28-50(6)46(47)48)22-16-14-17-23-32(2)29-35(5)43(59-45-42(56)41(55)40(54)38(30-51)58-45)33(3)24-18-10-8-7-9-11-19-25-34(4)44(57)49-39-36(52)26-27-37(39)53;1-2/h7-12,15-16,18-19,22,24-25,29,31-33,38,40-43,45,51-52,54-56H,13-14,17,20-21,23,26-28,30H2,1-6H3,(H3,47,48)(H,49,57);1-2H3/b9-7+,10-8+,15-12+,19-11+,22-16+,24-18+,34-25+,35-29+;. The van der Waals surface area contributed by atoms with Crippen LogP contribution in [0.4, 0.5) is 0 Å². The molecule has 9 atom stereocenters. The van der Waals surface area contributed by atoms with E-state index < -0.39 is 49.3 Å². The smallest absolute Gasteiger partial charge is 0.251 e. The Balaban J connectivity index is 0.00000916. The molecule has 0 aromatic rings. The van der Waals surface area contributed by atoms with Crippen LogP contribution in [-0.4, -0.2) is 105 Å². The van der Waals surface area contributed by atoms with Crippen molar-refractivity contribution in [1.29, 1.82) is 5.41 Å². The van der Waals surface area contributed by atoms with Crippen molar-refractivity contribution in [1.82, 2.24) is 10.2 Å². The van der Waals surface area contributed by atoms with Crippen LogP contribution < -0.4 is 11.1 Å². The fourth-order valence-electron chi connectivity index (χ4n) is 6.49. The van der Waals surface area contributed by atoms with Crippen molar-refractivity contribution in [3.8, 4) is 0 Å². The highest BCUT2D eigenvalue weighted by molar-refractivity contribution is 6.04. The first-order valence-corrected chi connectivity index (χ1v) is 21.7. The Morgan fingerprint density at radius 2 is 1.56 bits per heavy atom. The second-order valence-corrected chi connectivity index (χ2v) is 15.6. The Hall–Kier alpha value is -4.37. The Morgan fingerprint density at radius 1 is 0.918 bits per heavy atom. The zero-order valence-electron chi connectivity index (χ0n) is 37.7. The molecule has 0 aromatic heterocycles.